The molecule has 3 N–H and O–H groups in total. The van der Waals surface area contributed by atoms with E-state index in [4.69, 9.17) is 11.6 Å². The Hall–Kier alpha value is -3.32. The molecule has 1 aliphatic heterocycles. The highest BCUT2D eigenvalue weighted by Crippen LogP contribution is 2.53. The van der Waals surface area contributed by atoms with E-state index in [1.807, 2.05) is 30.9 Å². The van der Waals surface area contributed by atoms with Gasteiger partial charge in [-0.15, -0.1) is 0 Å². The number of hydrogen-bond acceptors (Lipinski definition) is 4. The number of fused-ring (bicyclic) bond motifs is 2. The van der Waals surface area contributed by atoms with Gasteiger partial charge in [0, 0.05) is 34.0 Å². The fraction of sp³-hybridized carbons (Fsp3) is 0.143. The van der Waals surface area contributed by atoms with Crippen LogP contribution >= 0.6 is 11.6 Å². The molecule has 2 aromatic heterocycles. The highest BCUT2D eigenvalue weighted by Gasteiger charge is 2.40. The fourth-order valence-corrected chi connectivity index (χ4v) is 4.21. The number of anilines is 3. The van der Waals surface area contributed by atoms with Crippen molar-refractivity contribution in [1.82, 2.24) is 20.4 Å². The normalized spacial score (nSPS) is 13.4. The Bertz CT molecular complexity index is 1200. The van der Waals surface area contributed by atoms with Crippen molar-refractivity contribution < 1.29 is 9.50 Å². The Balaban J connectivity index is 1.81. The van der Waals surface area contributed by atoms with Crippen molar-refractivity contribution in [2.24, 2.45) is 0 Å². The van der Waals surface area contributed by atoms with Crippen LogP contribution in [0.15, 0.2) is 42.5 Å². The van der Waals surface area contributed by atoms with Gasteiger partial charge in [0.15, 0.2) is 11.6 Å². The van der Waals surface area contributed by atoms with Gasteiger partial charge in [-0.05, 0) is 38.1 Å². The molecule has 0 atom stereocenters. The number of aromatic hydroxyl groups is 1. The number of benzene rings is 2. The Labute approximate surface area is 171 Å². The standard InChI is InChI=1S/C21H17ClFN5O/c1-10-17-19(13-5-3-4-6-16(13)29)18-11(2)25-27-21(18)28(20(17)26-24-10)12-7-8-15(23)14(22)9-12/h3-9,19,29H,1-2H3,(H,24,26)(H,25,27). The van der Waals surface area contributed by atoms with E-state index in [0.29, 0.717) is 17.3 Å². The molecule has 146 valence electrons. The number of rotatable bonds is 2. The first-order valence-electron chi connectivity index (χ1n) is 9.10. The average molecular weight is 410 g/mol. The molecule has 0 unspecified atom stereocenters. The summed E-state index contributed by atoms with van der Waals surface area (Å²) in [6.45, 7) is 3.88. The smallest absolute Gasteiger partial charge is 0.165 e. The van der Waals surface area contributed by atoms with E-state index in [2.05, 4.69) is 20.4 Å². The zero-order valence-electron chi connectivity index (χ0n) is 15.7. The maximum Gasteiger partial charge on any atom is 0.165 e. The Kier molecular flexibility index (Phi) is 3.89. The third-order valence-corrected chi connectivity index (χ3v) is 5.65. The minimum absolute atomic E-state index is 0.0212. The minimum atomic E-state index is -0.489. The molecule has 1 aliphatic rings. The predicted octanol–water partition coefficient (Wildman–Crippen LogP) is 5.21. The van der Waals surface area contributed by atoms with Crippen molar-refractivity contribution in [3.63, 3.8) is 0 Å². The monoisotopic (exact) mass is 409 g/mol. The molecular formula is C21H17ClFN5O. The summed E-state index contributed by atoms with van der Waals surface area (Å²) in [4.78, 5) is 1.85. The molecule has 0 aliphatic carbocycles. The summed E-state index contributed by atoms with van der Waals surface area (Å²) in [5, 5.41) is 25.7. The van der Waals surface area contributed by atoms with Crippen LogP contribution < -0.4 is 4.90 Å². The number of aromatic nitrogens is 4. The van der Waals surface area contributed by atoms with Crippen LogP contribution in [0.4, 0.5) is 21.7 Å². The first-order valence-corrected chi connectivity index (χ1v) is 9.48. The Morgan fingerprint density at radius 2 is 1.62 bits per heavy atom. The topological polar surface area (TPSA) is 80.8 Å². The highest BCUT2D eigenvalue weighted by molar-refractivity contribution is 6.31. The van der Waals surface area contributed by atoms with Gasteiger partial charge in [0.05, 0.1) is 10.7 Å². The maximum absolute atomic E-state index is 13.8. The third kappa shape index (κ3) is 2.54. The molecule has 0 saturated carbocycles. The number of para-hydroxylation sites is 1. The van der Waals surface area contributed by atoms with Crippen LogP contribution in [0, 0.1) is 19.7 Å². The first-order chi connectivity index (χ1) is 14.0. The third-order valence-electron chi connectivity index (χ3n) is 5.36. The van der Waals surface area contributed by atoms with Gasteiger partial charge in [-0.1, -0.05) is 29.8 Å². The summed E-state index contributed by atoms with van der Waals surface area (Å²) in [6.07, 6.45) is 0. The summed E-state index contributed by atoms with van der Waals surface area (Å²) in [7, 11) is 0. The van der Waals surface area contributed by atoms with Gasteiger partial charge >= 0.3 is 0 Å². The Morgan fingerprint density at radius 3 is 2.21 bits per heavy atom. The van der Waals surface area contributed by atoms with Crippen molar-refractivity contribution in [3.05, 3.63) is 81.4 Å². The molecule has 0 fully saturated rings. The number of H-pyrrole nitrogens is 2. The van der Waals surface area contributed by atoms with E-state index in [-0.39, 0.29) is 16.7 Å². The molecular weight excluding hydrogens is 393 g/mol. The number of halogens is 2. The molecule has 0 saturated heterocycles. The number of nitrogens with one attached hydrogen (secondary N) is 2. The fourth-order valence-electron chi connectivity index (χ4n) is 4.04. The second-order valence-electron chi connectivity index (χ2n) is 7.10. The largest absolute Gasteiger partial charge is 0.508 e. The van der Waals surface area contributed by atoms with Gasteiger partial charge in [0.25, 0.3) is 0 Å². The van der Waals surface area contributed by atoms with Crippen molar-refractivity contribution in [2.45, 2.75) is 19.8 Å². The first kappa shape index (κ1) is 17.8. The number of aromatic amines is 2. The van der Waals surface area contributed by atoms with Crippen molar-refractivity contribution >= 4 is 28.9 Å². The van der Waals surface area contributed by atoms with Gasteiger partial charge < -0.3 is 5.11 Å². The molecule has 2 aromatic carbocycles. The van der Waals surface area contributed by atoms with Crippen LogP contribution in [0.5, 0.6) is 5.75 Å². The molecule has 3 heterocycles. The van der Waals surface area contributed by atoms with Gasteiger partial charge in [0.2, 0.25) is 0 Å². The van der Waals surface area contributed by atoms with Gasteiger partial charge in [0.1, 0.15) is 11.6 Å². The second kappa shape index (κ2) is 6.35. The quantitative estimate of drug-likeness (QED) is 0.374. The van der Waals surface area contributed by atoms with Crippen LogP contribution in [-0.2, 0) is 0 Å². The lowest BCUT2D eigenvalue weighted by atomic mass is 9.81. The lowest BCUT2D eigenvalue weighted by Crippen LogP contribution is -2.22. The molecule has 0 amide bonds. The molecule has 5 rings (SSSR count). The molecule has 6 nitrogen and oxygen atoms in total. The SMILES string of the molecule is Cc1[nH]nc2c1C(c1ccccc1O)c1c(n[nH]c1C)N2c1ccc(F)c(Cl)c1. The number of aryl methyl sites for hydroxylation is 2. The predicted molar refractivity (Wildman–Crippen MR) is 109 cm³/mol. The van der Waals surface area contributed by atoms with Crippen LogP contribution in [0.25, 0.3) is 0 Å². The van der Waals surface area contributed by atoms with E-state index >= 15 is 0 Å². The number of phenolic OH excluding ortho intramolecular Hbond substituents is 1. The Morgan fingerprint density at radius 1 is 1.00 bits per heavy atom. The van der Waals surface area contributed by atoms with E-state index < -0.39 is 5.82 Å². The number of hydrogen-bond donors (Lipinski definition) is 3. The number of phenols is 1. The lowest BCUT2D eigenvalue weighted by Gasteiger charge is -2.32. The molecule has 8 heteroatoms. The zero-order chi connectivity index (χ0) is 20.3. The van der Waals surface area contributed by atoms with Crippen LogP contribution in [0.3, 0.4) is 0 Å². The molecule has 4 aromatic rings. The molecule has 0 spiro atoms. The molecule has 29 heavy (non-hydrogen) atoms. The van der Waals surface area contributed by atoms with Gasteiger partial charge in [-0.3, -0.25) is 15.1 Å². The van der Waals surface area contributed by atoms with Crippen LogP contribution in [-0.4, -0.2) is 25.5 Å². The van der Waals surface area contributed by atoms with Crippen molar-refractivity contribution in [2.75, 3.05) is 4.90 Å². The number of nitrogens with zero attached hydrogens (tertiary/aromatic N) is 3. The summed E-state index contributed by atoms with van der Waals surface area (Å²) < 4.78 is 13.8. The summed E-state index contributed by atoms with van der Waals surface area (Å²) in [6, 6.07) is 11.8. The van der Waals surface area contributed by atoms with Gasteiger partial charge in [-0.25, -0.2) is 4.39 Å². The second-order valence-corrected chi connectivity index (χ2v) is 7.50. The average Bonchev–Trinajstić information content (AvgIpc) is 3.27. The molecule has 0 bridgehead atoms. The summed E-state index contributed by atoms with van der Waals surface area (Å²) in [5.74, 6) is 0.728. The molecule has 0 radical (unpaired) electrons. The lowest BCUT2D eigenvalue weighted by molar-refractivity contribution is 0.467. The maximum atomic E-state index is 13.8. The van der Waals surface area contributed by atoms with Crippen molar-refractivity contribution in [3.8, 4) is 5.75 Å². The summed E-state index contributed by atoms with van der Waals surface area (Å²) in [5.41, 5.74) is 5.00. The van der Waals surface area contributed by atoms with E-state index in [0.717, 1.165) is 28.1 Å². The van der Waals surface area contributed by atoms with Gasteiger partial charge in [-0.2, -0.15) is 10.2 Å². The highest BCUT2D eigenvalue weighted by atomic mass is 35.5. The van der Waals surface area contributed by atoms with Crippen LogP contribution in [0.1, 0.15) is 34.0 Å². The van der Waals surface area contributed by atoms with Crippen LogP contribution in [0.2, 0.25) is 5.02 Å². The zero-order valence-corrected chi connectivity index (χ0v) is 16.4. The van der Waals surface area contributed by atoms with E-state index in [1.54, 1.807) is 24.3 Å². The summed E-state index contributed by atoms with van der Waals surface area (Å²) >= 11 is 6.05. The van der Waals surface area contributed by atoms with E-state index in [1.165, 1.54) is 6.07 Å². The minimum Gasteiger partial charge on any atom is -0.508 e. The van der Waals surface area contributed by atoms with Crippen molar-refractivity contribution in [1.29, 1.82) is 0 Å². The van der Waals surface area contributed by atoms with E-state index in [9.17, 15) is 9.50 Å².